The van der Waals surface area contributed by atoms with E-state index < -0.39 is 0 Å². The number of guanidine groups is 1. The van der Waals surface area contributed by atoms with Crippen LogP contribution in [-0.2, 0) is 13.1 Å². The van der Waals surface area contributed by atoms with Gasteiger partial charge in [0.1, 0.15) is 10.8 Å². The number of hydrogen-bond donors (Lipinski definition) is 2. The normalized spacial score (nSPS) is 11.0. The molecule has 5 nitrogen and oxygen atoms in total. The van der Waals surface area contributed by atoms with Gasteiger partial charge in [-0.1, -0.05) is 17.7 Å². The van der Waals surface area contributed by atoms with Gasteiger partial charge in [-0.25, -0.2) is 9.98 Å². The fraction of sp³-hybridized carbons (Fsp3) is 0.412. The number of rotatable bonds is 6. The average Bonchev–Trinajstić information content (AvgIpc) is 2.89. The molecule has 1 aromatic heterocycles. The lowest BCUT2D eigenvalue weighted by Crippen LogP contribution is -2.36. The molecule has 0 unspecified atom stereocenters. The predicted octanol–water partition coefficient (Wildman–Crippen LogP) is 4.30. The van der Waals surface area contributed by atoms with E-state index in [1.807, 2.05) is 26.0 Å². The van der Waals surface area contributed by atoms with Crippen LogP contribution in [0.3, 0.4) is 0 Å². The Morgan fingerprint density at radius 1 is 1.32 bits per heavy atom. The van der Waals surface area contributed by atoms with Gasteiger partial charge in [0.25, 0.3) is 0 Å². The van der Waals surface area contributed by atoms with Gasteiger partial charge in [0.05, 0.1) is 25.9 Å². The summed E-state index contributed by atoms with van der Waals surface area (Å²) in [5.41, 5.74) is 2.07. The number of methoxy groups -OCH3 is 1. The second-order valence-corrected chi connectivity index (χ2v) is 6.98. The van der Waals surface area contributed by atoms with Crippen molar-refractivity contribution in [3.05, 3.63) is 44.4 Å². The summed E-state index contributed by atoms with van der Waals surface area (Å²) >= 11 is 7.70. The molecule has 0 fully saturated rings. The van der Waals surface area contributed by atoms with E-state index in [9.17, 15) is 0 Å². The first-order valence-electron chi connectivity index (χ1n) is 7.81. The Kier molecular flexibility index (Phi) is 9.52. The van der Waals surface area contributed by atoms with E-state index in [0.717, 1.165) is 34.5 Å². The molecule has 25 heavy (non-hydrogen) atoms. The van der Waals surface area contributed by atoms with E-state index >= 15 is 0 Å². The smallest absolute Gasteiger partial charge is 0.191 e. The van der Waals surface area contributed by atoms with Crippen LogP contribution < -0.4 is 15.4 Å². The molecular formula is C17H24ClIN4OS. The van der Waals surface area contributed by atoms with Gasteiger partial charge in [-0.15, -0.1) is 35.3 Å². The van der Waals surface area contributed by atoms with E-state index in [1.165, 1.54) is 4.88 Å². The molecule has 0 saturated heterocycles. The van der Waals surface area contributed by atoms with Crippen molar-refractivity contribution >= 4 is 52.9 Å². The lowest BCUT2D eigenvalue weighted by molar-refractivity contribution is 0.410. The van der Waals surface area contributed by atoms with Gasteiger partial charge in [0.15, 0.2) is 5.96 Å². The first kappa shape index (κ1) is 22.0. The molecular weight excluding hydrogens is 471 g/mol. The lowest BCUT2D eigenvalue weighted by atomic mass is 10.2. The van der Waals surface area contributed by atoms with Crippen LogP contribution >= 0.6 is 46.9 Å². The number of aromatic nitrogens is 1. The highest BCUT2D eigenvalue weighted by Gasteiger charge is 2.06. The molecule has 0 amide bonds. The number of hydrogen-bond acceptors (Lipinski definition) is 4. The fourth-order valence-corrected chi connectivity index (χ4v) is 3.16. The summed E-state index contributed by atoms with van der Waals surface area (Å²) in [7, 11) is 1.63. The molecule has 8 heteroatoms. The molecule has 0 atom stereocenters. The number of aliphatic imine (C=N–C) groups is 1. The standard InChI is InChI=1S/C17H23ClN4OS.HI/c1-5-19-17(21-10-16-22-11(2)12(3)24-16)20-9-13-6-7-14(18)8-15(13)23-4;/h6-8H,5,9-10H2,1-4H3,(H2,19,20,21);1H. The van der Waals surface area contributed by atoms with Crippen LogP contribution in [0.4, 0.5) is 0 Å². The molecule has 1 heterocycles. The Labute approximate surface area is 175 Å². The van der Waals surface area contributed by atoms with Crippen LogP contribution in [0, 0.1) is 13.8 Å². The van der Waals surface area contributed by atoms with Crippen molar-refractivity contribution in [1.29, 1.82) is 0 Å². The quantitative estimate of drug-likeness (QED) is 0.357. The zero-order chi connectivity index (χ0) is 17.5. The molecule has 138 valence electrons. The van der Waals surface area contributed by atoms with Crippen molar-refractivity contribution in [3.63, 3.8) is 0 Å². The number of ether oxygens (including phenoxy) is 1. The second-order valence-electron chi connectivity index (χ2n) is 5.25. The van der Waals surface area contributed by atoms with Crippen molar-refractivity contribution < 1.29 is 4.74 Å². The number of aryl methyl sites for hydroxylation is 2. The third-order valence-corrected chi connectivity index (χ3v) is 4.79. The lowest BCUT2D eigenvalue weighted by Gasteiger charge is -2.11. The Hall–Kier alpha value is -1.06. The summed E-state index contributed by atoms with van der Waals surface area (Å²) in [6.45, 7) is 8.11. The Bertz CT molecular complexity index is 701. The van der Waals surface area contributed by atoms with Gasteiger partial charge < -0.3 is 15.4 Å². The number of nitrogens with one attached hydrogen (secondary N) is 2. The summed E-state index contributed by atoms with van der Waals surface area (Å²) in [5, 5.41) is 8.27. The van der Waals surface area contributed by atoms with Crippen LogP contribution in [0.2, 0.25) is 5.02 Å². The molecule has 0 spiro atoms. The number of nitrogens with zero attached hydrogens (tertiary/aromatic N) is 2. The Morgan fingerprint density at radius 2 is 2.08 bits per heavy atom. The van der Waals surface area contributed by atoms with Gasteiger partial charge in [0.2, 0.25) is 0 Å². The largest absolute Gasteiger partial charge is 0.496 e. The highest BCUT2D eigenvalue weighted by molar-refractivity contribution is 14.0. The van der Waals surface area contributed by atoms with Crippen LogP contribution in [0.5, 0.6) is 5.75 Å². The highest BCUT2D eigenvalue weighted by atomic mass is 127. The molecule has 2 N–H and O–H groups in total. The van der Waals surface area contributed by atoms with Crippen molar-refractivity contribution in [2.75, 3.05) is 13.7 Å². The molecule has 0 aliphatic rings. The first-order valence-corrected chi connectivity index (χ1v) is 9.00. The van der Waals surface area contributed by atoms with Gasteiger partial charge in [0, 0.05) is 22.0 Å². The molecule has 0 saturated carbocycles. The highest BCUT2D eigenvalue weighted by Crippen LogP contribution is 2.23. The van der Waals surface area contributed by atoms with Crippen molar-refractivity contribution in [1.82, 2.24) is 15.6 Å². The fourth-order valence-electron chi connectivity index (χ4n) is 2.13. The average molecular weight is 495 g/mol. The third kappa shape index (κ3) is 6.63. The summed E-state index contributed by atoms with van der Waals surface area (Å²) in [6.07, 6.45) is 0. The minimum absolute atomic E-state index is 0. The minimum atomic E-state index is 0. The number of halogens is 2. The van der Waals surface area contributed by atoms with Gasteiger partial charge >= 0.3 is 0 Å². The minimum Gasteiger partial charge on any atom is -0.496 e. The topological polar surface area (TPSA) is 58.5 Å². The van der Waals surface area contributed by atoms with Crippen molar-refractivity contribution in [3.8, 4) is 5.75 Å². The van der Waals surface area contributed by atoms with E-state index in [4.69, 9.17) is 16.3 Å². The van der Waals surface area contributed by atoms with E-state index in [-0.39, 0.29) is 24.0 Å². The van der Waals surface area contributed by atoms with Crippen LogP contribution in [-0.4, -0.2) is 24.6 Å². The number of benzene rings is 1. The van der Waals surface area contributed by atoms with Crippen LogP contribution in [0.15, 0.2) is 23.2 Å². The van der Waals surface area contributed by atoms with Gasteiger partial charge in [-0.3, -0.25) is 0 Å². The number of thiazole rings is 1. The molecule has 0 aliphatic carbocycles. The Balaban J connectivity index is 0.00000312. The van der Waals surface area contributed by atoms with Crippen LogP contribution in [0.25, 0.3) is 0 Å². The molecule has 0 bridgehead atoms. The SMILES string of the molecule is CCNC(=NCc1ccc(Cl)cc1OC)NCc1nc(C)c(C)s1.I. The third-order valence-electron chi connectivity index (χ3n) is 3.48. The van der Waals surface area contributed by atoms with E-state index in [2.05, 4.69) is 27.5 Å². The van der Waals surface area contributed by atoms with Crippen LogP contribution in [0.1, 0.15) is 28.1 Å². The summed E-state index contributed by atoms with van der Waals surface area (Å²) in [5.74, 6) is 1.49. The molecule has 1 aromatic carbocycles. The predicted molar refractivity (Wildman–Crippen MR) is 117 cm³/mol. The molecule has 2 rings (SSSR count). The first-order chi connectivity index (χ1) is 11.5. The second kappa shape index (κ2) is 10.8. The van der Waals surface area contributed by atoms with E-state index in [1.54, 1.807) is 24.5 Å². The molecule has 0 aliphatic heterocycles. The summed E-state index contributed by atoms with van der Waals surface area (Å²) in [6, 6.07) is 5.58. The van der Waals surface area contributed by atoms with Crippen molar-refractivity contribution in [2.45, 2.75) is 33.9 Å². The maximum Gasteiger partial charge on any atom is 0.191 e. The molecule has 2 aromatic rings. The van der Waals surface area contributed by atoms with E-state index in [0.29, 0.717) is 18.1 Å². The van der Waals surface area contributed by atoms with Gasteiger partial charge in [-0.05, 0) is 32.9 Å². The maximum absolute atomic E-state index is 5.99. The summed E-state index contributed by atoms with van der Waals surface area (Å²) < 4.78 is 5.36. The maximum atomic E-state index is 5.99. The summed E-state index contributed by atoms with van der Waals surface area (Å²) in [4.78, 5) is 10.4. The van der Waals surface area contributed by atoms with Crippen molar-refractivity contribution in [2.24, 2.45) is 4.99 Å². The molecule has 0 radical (unpaired) electrons. The Morgan fingerprint density at radius 3 is 2.68 bits per heavy atom. The van der Waals surface area contributed by atoms with Gasteiger partial charge in [-0.2, -0.15) is 0 Å². The monoisotopic (exact) mass is 494 g/mol. The zero-order valence-corrected chi connectivity index (χ0v) is 18.8. The zero-order valence-electron chi connectivity index (χ0n) is 14.9.